The number of pyridine rings is 1. The van der Waals surface area contributed by atoms with Crippen LogP contribution in [-0.4, -0.2) is 71.6 Å². The Bertz CT molecular complexity index is 1260. The van der Waals surface area contributed by atoms with Gasteiger partial charge in [-0.25, -0.2) is 18.1 Å². The highest BCUT2D eigenvalue weighted by atomic mass is 32.2. The first kappa shape index (κ1) is 22.3. The first-order valence-electron chi connectivity index (χ1n) is 11.4. The van der Waals surface area contributed by atoms with E-state index in [0.29, 0.717) is 47.7 Å². The molecule has 0 radical (unpaired) electrons. The molecular weight excluding hydrogens is 444 g/mol. The lowest BCUT2D eigenvalue weighted by molar-refractivity contribution is -0.0393. The number of aryl methyl sites for hydroxylation is 1. The second-order valence-electron chi connectivity index (χ2n) is 9.00. The monoisotopic (exact) mass is 474 g/mol. The van der Waals surface area contributed by atoms with Gasteiger partial charge in [0.1, 0.15) is 29.0 Å². The van der Waals surface area contributed by atoms with Crippen molar-refractivity contribution in [1.82, 2.24) is 24.5 Å². The smallest absolute Gasteiger partial charge is 0.151 e. The summed E-state index contributed by atoms with van der Waals surface area (Å²) < 4.78 is 39.5. The predicted octanol–water partition coefficient (Wildman–Crippen LogP) is 2.30. The molecule has 178 valence electrons. The Morgan fingerprint density at radius 3 is 2.79 bits per heavy atom. The van der Waals surface area contributed by atoms with Crippen LogP contribution in [0.1, 0.15) is 38.0 Å². The fourth-order valence-electron chi connectivity index (χ4n) is 4.69. The van der Waals surface area contributed by atoms with Gasteiger partial charge in [0.05, 0.1) is 30.5 Å². The highest BCUT2D eigenvalue weighted by Gasteiger charge is 2.26. The molecule has 0 aromatic carbocycles. The van der Waals surface area contributed by atoms with Crippen molar-refractivity contribution in [1.29, 1.82) is 0 Å². The van der Waals surface area contributed by atoms with Crippen LogP contribution in [0.3, 0.4) is 0 Å². The fraction of sp³-hybridized carbons (Fsp3) is 0.591. The molecule has 2 fully saturated rings. The van der Waals surface area contributed by atoms with Crippen molar-refractivity contribution in [3.8, 4) is 11.4 Å². The van der Waals surface area contributed by atoms with E-state index in [1.807, 2.05) is 30.1 Å². The molecule has 2 aliphatic heterocycles. The first-order valence-corrected chi connectivity index (χ1v) is 13.4. The summed E-state index contributed by atoms with van der Waals surface area (Å²) in [7, 11) is -1.44. The van der Waals surface area contributed by atoms with E-state index in [-0.39, 0.29) is 18.0 Å². The molecule has 2 atom stereocenters. The Labute approximate surface area is 193 Å². The number of aromatic nitrogens is 5. The molecule has 0 aliphatic carbocycles. The molecule has 2 aliphatic rings. The van der Waals surface area contributed by atoms with Gasteiger partial charge >= 0.3 is 0 Å². The van der Waals surface area contributed by atoms with Gasteiger partial charge in [0.2, 0.25) is 0 Å². The van der Waals surface area contributed by atoms with Crippen molar-refractivity contribution in [3.05, 3.63) is 23.9 Å². The third-order valence-corrected chi connectivity index (χ3v) is 7.07. The average Bonchev–Trinajstić information content (AvgIpc) is 3.39. The van der Waals surface area contributed by atoms with Gasteiger partial charge in [0, 0.05) is 32.7 Å². The quantitative estimate of drug-likeness (QED) is 0.555. The van der Waals surface area contributed by atoms with E-state index in [9.17, 15) is 8.42 Å². The van der Waals surface area contributed by atoms with E-state index >= 15 is 0 Å². The van der Waals surface area contributed by atoms with Gasteiger partial charge in [-0.2, -0.15) is 10.2 Å². The zero-order chi connectivity index (χ0) is 23.2. The Morgan fingerprint density at radius 1 is 1.21 bits per heavy atom. The van der Waals surface area contributed by atoms with Crippen molar-refractivity contribution in [2.45, 2.75) is 44.2 Å². The van der Waals surface area contributed by atoms with Crippen LogP contribution >= 0.6 is 0 Å². The van der Waals surface area contributed by atoms with Crippen LogP contribution in [0.5, 0.6) is 0 Å². The zero-order valence-electron chi connectivity index (χ0n) is 19.3. The predicted molar refractivity (Wildman–Crippen MR) is 125 cm³/mol. The van der Waals surface area contributed by atoms with Crippen LogP contribution in [-0.2, 0) is 32.1 Å². The normalized spacial score (nSPS) is 22.2. The third-order valence-electron chi connectivity index (χ3n) is 6.24. The Balaban J connectivity index is 1.63. The lowest BCUT2D eigenvalue weighted by Crippen LogP contribution is -2.44. The van der Waals surface area contributed by atoms with Gasteiger partial charge in [0.15, 0.2) is 9.84 Å². The summed E-state index contributed by atoms with van der Waals surface area (Å²) in [6, 6.07) is 3.94. The summed E-state index contributed by atoms with van der Waals surface area (Å²) in [6.45, 7) is 4.73. The molecule has 2 saturated heterocycles. The molecule has 0 amide bonds. The average molecular weight is 475 g/mol. The molecule has 3 aromatic heterocycles. The second-order valence-corrected chi connectivity index (χ2v) is 11.1. The number of anilines is 1. The number of ether oxygens (including phenoxy) is 2. The molecule has 0 bridgehead atoms. The van der Waals surface area contributed by atoms with E-state index < -0.39 is 9.84 Å². The van der Waals surface area contributed by atoms with E-state index in [1.165, 1.54) is 6.26 Å². The van der Waals surface area contributed by atoms with Crippen LogP contribution in [0.2, 0.25) is 0 Å². The van der Waals surface area contributed by atoms with Crippen LogP contribution in [0.15, 0.2) is 18.3 Å². The van der Waals surface area contributed by atoms with Crippen LogP contribution in [0, 0.1) is 0 Å². The van der Waals surface area contributed by atoms with Crippen molar-refractivity contribution < 1.29 is 17.9 Å². The highest BCUT2D eigenvalue weighted by molar-refractivity contribution is 7.89. The maximum Gasteiger partial charge on any atom is 0.151 e. The largest absolute Gasteiger partial charge is 0.377 e. The summed E-state index contributed by atoms with van der Waals surface area (Å²) >= 11 is 0. The summed E-state index contributed by atoms with van der Waals surface area (Å²) in [5.41, 5.74) is 3.39. The summed E-state index contributed by atoms with van der Waals surface area (Å²) in [4.78, 5) is 7.14. The maximum absolute atomic E-state index is 12.2. The van der Waals surface area contributed by atoms with E-state index in [1.54, 1.807) is 4.68 Å². The molecule has 3 aromatic rings. The van der Waals surface area contributed by atoms with E-state index in [0.717, 1.165) is 31.7 Å². The molecule has 11 heteroatoms. The molecule has 5 heterocycles. The van der Waals surface area contributed by atoms with Crippen molar-refractivity contribution >= 4 is 26.7 Å². The van der Waals surface area contributed by atoms with Crippen molar-refractivity contribution in [2.24, 2.45) is 7.05 Å². The van der Waals surface area contributed by atoms with Gasteiger partial charge in [-0.3, -0.25) is 4.68 Å². The molecule has 1 unspecified atom stereocenters. The van der Waals surface area contributed by atoms with Crippen LogP contribution < -0.4 is 4.90 Å². The van der Waals surface area contributed by atoms with Crippen molar-refractivity contribution in [2.75, 3.05) is 37.5 Å². The summed E-state index contributed by atoms with van der Waals surface area (Å²) in [5.74, 6) is 0.655. The first-order chi connectivity index (χ1) is 15.8. The van der Waals surface area contributed by atoms with E-state index in [2.05, 4.69) is 11.8 Å². The fourth-order valence-corrected chi connectivity index (χ4v) is 5.47. The molecule has 0 spiro atoms. The van der Waals surface area contributed by atoms with Gasteiger partial charge in [-0.1, -0.05) is 0 Å². The Morgan fingerprint density at radius 2 is 2.06 bits per heavy atom. The minimum Gasteiger partial charge on any atom is -0.377 e. The third kappa shape index (κ3) is 4.49. The molecule has 0 saturated carbocycles. The van der Waals surface area contributed by atoms with Crippen molar-refractivity contribution in [3.63, 3.8) is 0 Å². The standard InChI is InChI=1S/C22H30N6O4S/c1-15-13-31-11-9-27(15)18-12-16(14-33(3,29)30)22-21(23-18)20(25-26(22)2)17-7-8-28(24-17)19-6-4-5-10-32-19/h7-8,12,15,19H,4-6,9-11,13-14H2,1-3H3/t15-,19?/m1/s1. The molecule has 5 rings (SSSR count). The van der Waals surface area contributed by atoms with Crippen LogP contribution in [0.25, 0.3) is 22.4 Å². The number of morpholine rings is 1. The molecule has 0 N–H and O–H groups in total. The number of hydrogen-bond acceptors (Lipinski definition) is 8. The van der Waals surface area contributed by atoms with Gasteiger partial charge in [-0.15, -0.1) is 0 Å². The number of rotatable bonds is 5. The Kier molecular flexibility index (Phi) is 5.87. The zero-order valence-corrected chi connectivity index (χ0v) is 20.1. The minimum atomic E-state index is -3.26. The molecular formula is C22H30N6O4S. The SMILES string of the molecule is C[C@@H]1COCCN1c1cc(CS(C)(=O)=O)c2c(n1)c(-c1ccn(C3CCCCO3)n1)nn2C. The maximum atomic E-state index is 12.2. The summed E-state index contributed by atoms with van der Waals surface area (Å²) in [6.07, 6.45) is 6.21. The topological polar surface area (TPSA) is 104 Å². The number of hydrogen-bond donors (Lipinski definition) is 0. The second kappa shape index (κ2) is 8.69. The van der Waals surface area contributed by atoms with Gasteiger partial charge in [-0.05, 0) is 43.9 Å². The van der Waals surface area contributed by atoms with E-state index in [4.69, 9.17) is 24.7 Å². The number of sulfone groups is 1. The van der Waals surface area contributed by atoms with Gasteiger partial charge in [0.25, 0.3) is 0 Å². The lowest BCUT2D eigenvalue weighted by Gasteiger charge is -2.34. The number of nitrogens with zero attached hydrogens (tertiary/aromatic N) is 6. The Hall–Kier alpha value is -2.50. The highest BCUT2D eigenvalue weighted by Crippen LogP contribution is 2.33. The minimum absolute atomic E-state index is 0.0685. The molecule has 33 heavy (non-hydrogen) atoms. The van der Waals surface area contributed by atoms with Crippen LogP contribution in [0.4, 0.5) is 5.82 Å². The molecule has 10 nitrogen and oxygen atoms in total. The summed E-state index contributed by atoms with van der Waals surface area (Å²) in [5, 5.41) is 9.47. The van der Waals surface area contributed by atoms with Gasteiger partial charge < -0.3 is 14.4 Å². The lowest BCUT2D eigenvalue weighted by atomic mass is 10.1. The number of fused-ring (bicyclic) bond motifs is 1.